The first kappa shape index (κ1) is 14.3. The van der Waals surface area contributed by atoms with Gasteiger partial charge in [-0.2, -0.15) is 0 Å². The Morgan fingerprint density at radius 2 is 2.22 bits per heavy atom. The Morgan fingerprint density at radius 1 is 1.50 bits per heavy atom. The van der Waals surface area contributed by atoms with Gasteiger partial charge in [-0.25, -0.2) is 0 Å². The van der Waals surface area contributed by atoms with Crippen LogP contribution in [-0.4, -0.2) is 46.4 Å². The van der Waals surface area contributed by atoms with Crippen LogP contribution >= 0.6 is 0 Å². The third kappa shape index (κ3) is 4.27. The SMILES string of the molecule is CCNC(=O)c1ccc(NCC(N)C(C)O)nn1. The molecule has 5 N–H and O–H groups in total. The summed E-state index contributed by atoms with van der Waals surface area (Å²) in [5.41, 5.74) is 5.92. The summed E-state index contributed by atoms with van der Waals surface area (Å²) in [7, 11) is 0. The minimum atomic E-state index is -0.597. The molecule has 0 saturated carbocycles. The van der Waals surface area contributed by atoms with Crippen LogP contribution in [-0.2, 0) is 0 Å². The Bertz CT molecular complexity index is 380. The fourth-order valence-electron chi connectivity index (χ4n) is 1.19. The summed E-state index contributed by atoms with van der Waals surface area (Å²) in [5.74, 6) is 0.261. The third-order valence-electron chi connectivity index (χ3n) is 2.37. The minimum Gasteiger partial charge on any atom is -0.392 e. The van der Waals surface area contributed by atoms with Crippen molar-refractivity contribution in [3.8, 4) is 0 Å². The van der Waals surface area contributed by atoms with Crippen molar-refractivity contribution in [3.05, 3.63) is 17.8 Å². The fraction of sp³-hybridized carbons (Fsp3) is 0.545. The number of carbonyl (C=O) groups is 1. The Hall–Kier alpha value is -1.73. The highest BCUT2D eigenvalue weighted by atomic mass is 16.3. The first-order valence-corrected chi connectivity index (χ1v) is 5.84. The Balaban J connectivity index is 2.53. The molecule has 7 heteroatoms. The number of nitrogens with two attached hydrogens (primary N) is 1. The van der Waals surface area contributed by atoms with Crippen LogP contribution in [0.15, 0.2) is 12.1 Å². The quantitative estimate of drug-likeness (QED) is 0.535. The standard InChI is InChI=1S/C11H19N5O2/c1-3-13-11(18)9-4-5-10(16-15-9)14-6-8(12)7(2)17/h4-5,7-8,17H,3,6,12H2,1-2H3,(H,13,18)(H,14,16). The van der Waals surface area contributed by atoms with Gasteiger partial charge in [-0.15, -0.1) is 10.2 Å². The van der Waals surface area contributed by atoms with E-state index in [0.717, 1.165) is 0 Å². The van der Waals surface area contributed by atoms with Crippen molar-refractivity contribution in [2.45, 2.75) is 26.0 Å². The summed E-state index contributed by atoms with van der Waals surface area (Å²) < 4.78 is 0. The molecule has 18 heavy (non-hydrogen) atoms. The lowest BCUT2D eigenvalue weighted by atomic mass is 10.2. The van der Waals surface area contributed by atoms with Crippen molar-refractivity contribution < 1.29 is 9.90 Å². The van der Waals surface area contributed by atoms with Crippen molar-refractivity contribution in [1.82, 2.24) is 15.5 Å². The van der Waals surface area contributed by atoms with Gasteiger partial charge in [0.2, 0.25) is 0 Å². The molecule has 1 aromatic heterocycles. The lowest BCUT2D eigenvalue weighted by molar-refractivity contribution is 0.0950. The zero-order chi connectivity index (χ0) is 13.5. The van der Waals surface area contributed by atoms with Crippen LogP contribution in [0.3, 0.4) is 0 Å². The number of aliphatic hydroxyl groups is 1. The van der Waals surface area contributed by atoms with Crippen LogP contribution in [0.2, 0.25) is 0 Å². The van der Waals surface area contributed by atoms with Crippen molar-refractivity contribution in [1.29, 1.82) is 0 Å². The first-order valence-electron chi connectivity index (χ1n) is 5.84. The van der Waals surface area contributed by atoms with E-state index >= 15 is 0 Å². The molecule has 2 atom stereocenters. The normalized spacial score (nSPS) is 13.8. The average Bonchev–Trinajstić information content (AvgIpc) is 2.36. The molecule has 0 aliphatic rings. The first-order chi connectivity index (χ1) is 8.54. The summed E-state index contributed by atoms with van der Waals surface area (Å²) in [6, 6.07) is 2.84. The number of hydrogen-bond acceptors (Lipinski definition) is 6. The molecule has 1 heterocycles. The second kappa shape index (κ2) is 6.87. The molecule has 0 bridgehead atoms. The van der Waals surface area contributed by atoms with E-state index in [1.165, 1.54) is 0 Å². The van der Waals surface area contributed by atoms with Gasteiger partial charge in [-0.1, -0.05) is 0 Å². The predicted molar refractivity (Wildman–Crippen MR) is 68.2 cm³/mol. The highest BCUT2D eigenvalue weighted by Gasteiger charge is 2.10. The van der Waals surface area contributed by atoms with E-state index in [1.807, 2.05) is 6.92 Å². The molecule has 0 aromatic carbocycles. The van der Waals surface area contributed by atoms with Crippen molar-refractivity contribution in [2.24, 2.45) is 5.73 Å². The van der Waals surface area contributed by atoms with Crippen LogP contribution in [0, 0.1) is 0 Å². The molecule has 0 saturated heterocycles. The van der Waals surface area contributed by atoms with Gasteiger partial charge in [0.15, 0.2) is 5.69 Å². The molecule has 0 radical (unpaired) electrons. The van der Waals surface area contributed by atoms with Crippen LogP contribution in [0.1, 0.15) is 24.3 Å². The van der Waals surface area contributed by atoms with E-state index in [2.05, 4.69) is 20.8 Å². The number of aromatic nitrogens is 2. The van der Waals surface area contributed by atoms with Gasteiger partial charge < -0.3 is 21.5 Å². The molecule has 1 aromatic rings. The van der Waals surface area contributed by atoms with Crippen molar-refractivity contribution in [2.75, 3.05) is 18.4 Å². The molecule has 0 fully saturated rings. The lowest BCUT2D eigenvalue weighted by Crippen LogP contribution is -2.38. The zero-order valence-corrected chi connectivity index (χ0v) is 10.6. The van der Waals surface area contributed by atoms with E-state index in [4.69, 9.17) is 5.73 Å². The average molecular weight is 253 g/mol. The number of amides is 1. The molecule has 0 spiro atoms. The summed E-state index contributed by atoms with van der Waals surface area (Å²) in [6.45, 7) is 4.38. The smallest absolute Gasteiger partial charge is 0.271 e. The molecule has 100 valence electrons. The van der Waals surface area contributed by atoms with Gasteiger partial charge in [-0.05, 0) is 26.0 Å². The van der Waals surface area contributed by atoms with Gasteiger partial charge in [0.05, 0.1) is 6.10 Å². The maximum Gasteiger partial charge on any atom is 0.271 e. The van der Waals surface area contributed by atoms with E-state index in [0.29, 0.717) is 18.9 Å². The topological polar surface area (TPSA) is 113 Å². The molecule has 2 unspecified atom stereocenters. The number of anilines is 1. The van der Waals surface area contributed by atoms with Gasteiger partial charge in [-0.3, -0.25) is 4.79 Å². The fourth-order valence-corrected chi connectivity index (χ4v) is 1.19. The minimum absolute atomic E-state index is 0.253. The monoisotopic (exact) mass is 253 g/mol. The summed E-state index contributed by atoms with van der Waals surface area (Å²) in [4.78, 5) is 11.4. The number of rotatable bonds is 6. The van der Waals surface area contributed by atoms with Crippen LogP contribution < -0.4 is 16.4 Å². The molecule has 0 aliphatic carbocycles. The van der Waals surface area contributed by atoms with Crippen molar-refractivity contribution >= 4 is 11.7 Å². The Morgan fingerprint density at radius 3 is 2.72 bits per heavy atom. The highest BCUT2D eigenvalue weighted by Crippen LogP contribution is 2.02. The maximum absolute atomic E-state index is 11.4. The third-order valence-corrected chi connectivity index (χ3v) is 2.37. The number of carbonyl (C=O) groups excluding carboxylic acids is 1. The van der Waals surface area contributed by atoms with Crippen LogP contribution in [0.25, 0.3) is 0 Å². The van der Waals surface area contributed by atoms with E-state index < -0.39 is 6.10 Å². The molecular formula is C11H19N5O2. The molecule has 1 amide bonds. The lowest BCUT2D eigenvalue weighted by Gasteiger charge is -2.15. The van der Waals surface area contributed by atoms with Gasteiger partial charge in [0, 0.05) is 19.1 Å². The number of aliphatic hydroxyl groups excluding tert-OH is 1. The van der Waals surface area contributed by atoms with E-state index in [9.17, 15) is 9.90 Å². The predicted octanol–water partition coefficient (Wildman–Crippen LogP) is -0.654. The Labute approximate surface area is 106 Å². The second-order valence-electron chi connectivity index (χ2n) is 3.95. The van der Waals surface area contributed by atoms with E-state index in [1.54, 1.807) is 19.1 Å². The van der Waals surface area contributed by atoms with Gasteiger partial charge >= 0.3 is 0 Å². The molecule has 1 rings (SSSR count). The van der Waals surface area contributed by atoms with Crippen LogP contribution in [0.5, 0.6) is 0 Å². The summed E-state index contributed by atoms with van der Waals surface area (Å²) >= 11 is 0. The number of nitrogens with zero attached hydrogens (tertiary/aromatic N) is 2. The van der Waals surface area contributed by atoms with Gasteiger partial charge in [0.25, 0.3) is 5.91 Å². The van der Waals surface area contributed by atoms with Gasteiger partial charge in [0.1, 0.15) is 5.82 Å². The second-order valence-corrected chi connectivity index (χ2v) is 3.95. The number of nitrogens with one attached hydrogen (secondary N) is 2. The zero-order valence-electron chi connectivity index (χ0n) is 10.6. The molecule has 7 nitrogen and oxygen atoms in total. The largest absolute Gasteiger partial charge is 0.392 e. The maximum atomic E-state index is 11.4. The Kier molecular flexibility index (Phi) is 5.47. The summed E-state index contributed by atoms with van der Waals surface area (Å²) in [5, 5.41) is 22.4. The molecule has 0 aliphatic heterocycles. The highest BCUT2D eigenvalue weighted by molar-refractivity contribution is 5.92. The summed E-state index contributed by atoms with van der Waals surface area (Å²) in [6.07, 6.45) is -0.597. The number of hydrogen-bond donors (Lipinski definition) is 4. The van der Waals surface area contributed by atoms with Crippen molar-refractivity contribution in [3.63, 3.8) is 0 Å². The van der Waals surface area contributed by atoms with Crippen LogP contribution in [0.4, 0.5) is 5.82 Å². The van der Waals surface area contributed by atoms with E-state index in [-0.39, 0.29) is 17.6 Å². The molecular weight excluding hydrogens is 234 g/mol.